The summed E-state index contributed by atoms with van der Waals surface area (Å²) in [5, 5.41) is 3.50. The van der Waals surface area contributed by atoms with Crippen molar-refractivity contribution in [2.75, 3.05) is 13.2 Å². The van der Waals surface area contributed by atoms with Crippen LogP contribution < -0.4 is 5.32 Å². The zero-order chi connectivity index (χ0) is 15.9. The highest BCUT2D eigenvalue weighted by atomic mass is 16.5. The van der Waals surface area contributed by atoms with E-state index < -0.39 is 0 Å². The van der Waals surface area contributed by atoms with Crippen LogP contribution in [0, 0.1) is 0 Å². The van der Waals surface area contributed by atoms with E-state index in [1.165, 1.54) is 11.1 Å². The fourth-order valence-electron chi connectivity index (χ4n) is 1.79. The molecule has 1 aromatic carbocycles. The summed E-state index contributed by atoms with van der Waals surface area (Å²) >= 11 is 0. The van der Waals surface area contributed by atoms with Gasteiger partial charge in [-0.3, -0.25) is 0 Å². The van der Waals surface area contributed by atoms with Crippen molar-refractivity contribution in [3.8, 4) is 0 Å². The van der Waals surface area contributed by atoms with Crippen molar-refractivity contribution >= 4 is 0 Å². The smallest absolute Gasteiger partial charge is 0.0718 e. The standard InChI is InChI=1S/C18H31NO2/c1-17(2,3)19-13-15-8-7-9-16(12-15)14-20-10-11-21-18(4,5)6/h7-9,12,19H,10-11,13-14H2,1-6H3. The second kappa shape index (κ2) is 7.92. The Bertz CT molecular complexity index is 416. The third kappa shape index (κ3) is 9.62. The van der Waals surface area contributed by atoms with E-state index in [1.807, 2.05) is 0 Å². The van der Waals surface area contributed by atoms with Gasteiger partial charge in [0.2, 0.25) is 0 Å². The van der Waals surface area contributed by atoms with Crippen LogP contribution in [0.1, 0.15) is 52.7 Å². The summed E-state index contributed by atoms with van der Waals surface area (Å²) in [6, 6.07) is 8.53. The number of nitrogens with one attached hydrogen (secondary N) is 1. The molecule has 0 aromatic heterocycles. The number of ether oxygens (including phenoxy) is 2. The molecule has 0 radical (unpaired) electrons. The second-order valence-corrected chi connectivity index (χ2v) is 7.44. The van der Waals surface area contributed by atoms with Gasteiger partial charge in [0, 0.05) is 12.1 Å². The molecule has 21 heavy (non-hydrogen) atoms. The molecule has 0 bridgehead atoms. The Morgan fingerprint density at radius 2 is 1.62 bits per heavy atom. The van der Waals surface area contributed by atoms with Gasteiger partial charge in [0.1, 0.15) is 0 Å². The van der Waals surface area contributed by atoms with Crippen LogP contribution in [0.5, 0.6) is 0 Å². The second-order valence-electron chi connectivity index (χ2n) is 7.44. The lowest BCUT2D eigenvalue weighted by Gasteiger charge is -2.21. The molecule has 0 unspecified atom stereocenters. The van der Waals surface area contributed by atoms with E-state index in [1.54, 1.807) is 0 Å². The van der Waals surface area contributed by atoms with E-state index in [0.717, 1.165) is 6.54 Å². The van der Waals surface area contributed by atoms with Crippen molar-refractivity contribution in [2.24, 2.45) is 0 Å². The maximum Gasteiger partial charge on any atom is 0.0718 e. The average Bonchev–Trinajstić information content (AvgIpc) is 2.34. The molecular formula is C18H31NO2. The van der Waals surface area contributed by atoms with Gasteiger partial charge in [-0.2, -0.15) is 0 Å². The fraction of sp³-hybridized carbons (Fsp3) is 0.667. The molecule has 1 aromatic rings. The highest BCUT2D eigenvalue weighted by Crippen LogP contribution is 2.09. The number of hydrogen-bond donors (Lipinski definition) is 1. The summed E-state index contributed by atoms with van der Waals surface area (Å²) in [6.07, 6.45) is 0. The van der Waals surface area contributed by atoms with Crippen molar-refractivity contribution in [1.29, 1.82) is 0 Å². The predicted octanol–water partition coefficient (Wildman–Crippen LogP) is 3.91. The van der Waals surface area contributed by atoms with E-state index in [4.69, 9.17) is 9.47 Å². The fourth-order valence-corrected chi connectivity index (χ4v) is 1.79. The van der Waals surface area contributed by atoms with Crippen LogP contribution in [0.2, 0.25) is 0 Å². The van der Waals surface area contributed by atoms with E-state index in [2.05, 4.69) is 71.1 Å². The number of benzene rings is 1. The van der Waals surface area contributed by atoms with Gasteiger partial charge in [0.25, 0.3) is 0 Å². The molecular weight excluding hydrogens is 262 g/mol. The molecule has 1 rings (SSSR count). The van der Waals surface area contributed by atoms with Crippen LogP contribution in [0.4, 0.5) is 0 Å². The Morgan fingerprint density at radius 1 is 0.952 bits per heavy atom. The van der Waals surface area contributed by atoms with Gasteiger partial charge < -0.3 is 14.8 Å². The van der Waals surface area contributed by atoms with E-state index in [0.29, 0.717) is 19.8 Å². The van der Waals surface area contributed by atoms with Crippen LogP contribution in [0.15, 0.2) is 24.3 Å². The summed E-state index contributed by atoms with van der Waals surface area (Å²) in [5.74, 6) is 0. The third-order valence-electron chi connectivity index (χ3n) is 2.85. The molecule has 0 saturated carbocycles. The monoisotopic (exact) mass is 293 g/mol. The molecule has 3 heteroatoms. The maximum atomic E-state index is 5.67. The van der Waals surface area contributed by atoms with Crippen molar-refractivity contribution in [1.82, 2.24) is 5.32 Å². The minimum atomic E-state index is -0.0953. The minimum Gasteiger partial charge on any atom is -0.374 e. The topological polar surface area (TPSA) is 30.5 Å². The molecule has 0 aliphatic carbocycles. The molecule has 120 valence electrons. The average molecular weight is 293 g/mol. The normalized spacial score (nSPS) is 12.7. The van der Waals surface area contributed by atoms with Crippen molar-refractivity contribution in [3.05, 3.63) is 35.4 Å². The summed E-state index contributed by atoms with van der Waals surface area (Å²) in [6.45, 7) is 15.5. The number of hydrogen-bond acceptors (Lipinski definition) is 3. The summed E-state index contributed by atoms with van der Waals surface area (Å²) in [4.78, 5) is 0. The Hall–Kier alpha value is -0.900. The van der Waals surface area contributed by atoms with Gasteiger partial charge in [-0.25, -0.2) is 0 Å². The Kier molecular flexibility index (Phi) is 6.85. The van der Waals surface area contributed by atoms with Crippen LogP contribution >= 0.6 is 0 Å². The Morgan fingerprint density at radius 3 is 2.24 bits per heavy atom. The SMILES string of the molecule is CC(C)(C)NCc1cccc(COCCOC(C)(C)C)c1. The lowest BCUT2D eigenvalue weighted by molar-refractivity contribution is -0.0376. The van der Waals surface area contributed by atoms with Crippen LogP contribution in [0.25, 0.3) is 0 Å². The first-order valence-electron chi connectivity index (χ1n) is 7.70. The lowest BCUT2D eigenvalue weighted by Crippen LogP contribution is -2.35. The first kappa shape index (κ1) is 18.1. The lowest BCUT2D eigenvalue weighted by atomic mass is 10.1. The molecule has 0 atom stereocenters. The van der Waals surface area contributed by atoms with E-state index in [9.17, 15) is 0 Å². The van der Waals surface area contributed by atoms with Crippen molar-refractivity contribution in [3.63, 3.8) is 0 Å². The highest BCUT2D eigenvalue weighted by molar-refractivity contribution is 5.23. The minimum absolute atomic E-state index is 0.0953. The zero-order valence-electron chi connectivity index (χ0n) is 14.5. The van der Waals surface area contributed by atoms with Crippen LogP contribution in [0.3, 0.4) is 0 Å². The van der Waals surface area contributed by atoms with Gasteiger partial charge in [-0.1, -0.05) is 24.3 Å². The summed E-state index contributed by atoms with van der Waals surface area (Å²) in [5.41, 5.74) is 2.54. The van der Waals surface area contributed by atoms with Gasteiger partial charge in [-0.05, 0) is 52.7 Å². The molecule has 0 amide bonds. The molecule has 0 heterocycles. The van der Waals surface area contributed by atoms with Crippen molar-refractivity contribution < 1.29 is 9.47 Å². The molecule has 0 aliphatic rings. The highest BCUT2D eigenvalue weighted by Gasteiger charge is 2.09. The van der Waals surface area contributed by atoms with E-state index in [-0.39, 0.29) is 11.1 Å². The molecule has 3 nitrogen and oxygen atoms in total. The zero-order valence-corrected chi connectivity index (χ0v) is 14.5. The first-order chi connectivity index (χ1) is 9.66. The maximum absolute atomic E-state index is 5.67. The Balaban J connectivity index is 2.32. The molecule has 0 aliphatic heterocycles. The van der Waals surface area contributed by atoms with Gasteiger partial charge in [0.05, 0.1) is 25.4 Å². The molecule has 0 saturated heterocycles. The van der Waals surface area contributed by atoms with Gasteiger partial charge >= 0.3 is 0 Å². The largest absolute Gasteiger partial charge is 0.374 e. The molecule has 0 fully saturated rings. The molecule has 1 N–H and O–H groups in total. The predicted molar refractivity (Wildman–Crippen MR) is 88.4 cm³/mol. The van der Waals surface area contributed by atoms with E-state index >= 15 is 0 Å². The van der Waals surface area contributed by atoms with Crippen LogP contribution in [-0.2, 0) is 22.6 Å². The Labute approximate surface area is 130 Å². The summed E-state index contributed by atoms with van der Waals surface area (Å²) in [7, 11) is 0. The van der Waals surface area contributed by atoms with Gasteiger partial charge in [0.15, 0.2) is 0 Å². The number of rotatable bonds is 7. The van der Waals surface area contributed by atoms with Crippen LogP contribution in [-0.4, -0.2) is 24.4 Å². The van der Waals surface area contributed by atoms with Gasteiger partial charge in [-0.15, -0.1) is 0 Å². The molecule has 0 spiro atoms. The first-order valence-corrected chi connectivity index (χ1v) is 7.70. The summed E-state index contributed by atoms with van der Waals surface area (Å²) < 4.78 is 11.3. The van der Waals surface area contributed by atoms with Crippen molar-refractivity contribution in [2.45, 2.75) is 65.8 Å². The quantitative estimate of drug-likeness (QED) is 0.773. The third-order valence-corrected chi connectivity index (χ3v) is 2.85.